The van der Waals surface area contributed by atoms with Gasteiger partial charge in [0.2, 0.25) is 0 Å². The van der Waals surface area contributed by atoms with E-state index in [1.165, 1.54) is 19.3 Å². The first-order valence-electron chi connectivity index (χ1n) is 6.06. The first-order chi connectivity index (χ1) is 8.63. The molecular formula is C13H17Cl3N2. The lowest BCUT2D eigenvalue weighted by Gasteiger charge is -2.04. The zero-order valence-corrected chi connectivity index (χ0v) is 12.6. The summed E-state index contributed by atoms with van der Waals surface area (Å²) in [5, 5.41) is 5.78. The standard InChI is InChI=1S/C13H17Cl3N2/c1-2-3-4-5-6-13(16)18-17-12-8-7-10(14)9-11(12)15/h7-9,17H,2-6H2,1H3/b18-13-. The van der Waals surface area contributed by atoms with Crippen molar-refractivity contribution in [2.45, 2.75) is 39.0 Å². The van der Waals surface area contributed by atoms with Crippen LogP contribution >= 0.6 is 34.8 Å². The average molecular weight is 308 g/mol. The van der Waals surface area contributed by atoms with Crippen molar-refractivity contribution in [1.82, 2.24) is 0 Å². The maximum absolute atomic E-state index is 6.01. The molecule has 0 amide bonds. The molecule has 5 heteroatoms. The van der Waals surface area contributed by atoms with E-state index in [9.17, 15) is 0 Å². The Morgan fingerprint density at radius 1 is 1.22 bits per heavy atom. The van der Waals surface area contributed by atoms with Gasteiger partial charge in [0.15, 0.2) is 0 Å². The summed E-state index contributed by atoms with van der Waals surface area (Å²) in [5.74, 6) is 0. The fraction of sp³-hybridized carbons (Fsp3) is 0.462. The second kappa shape index (κ2) is 8.63. The predicted octanol–water partition coefficient (Wildman–Crippen LogP) is 5.93. The second-order valence-corrected chi connectivity index (χ2v) is 5.31. The summed E-state index contributed by atoms with van der Waals surface area (Å²) in [5.41, 5.74) is 3.55. The molecule has 0 radical (unpaired) electrons. The van der Waals surface area contributed by atoms with Gasteiger partial charge < -0.3 is 0 Å². The lowest BCUT2D eigenvalue weighted by Crippen LogP contribution is -1.96. The van der Waals surface area contributed by atoms with Crippen LogP contribution in [0.15, 0.2) is 23.3 Å². The van der Waals surface area contributed by atoms with Crippen LogP contribution in [0.2, 0.25) is 10.0 Å². The SMILES string of the molecule is CCCCCC/C(Cl)=N/Nc1ccc(Cl)cc1Cl. The van der Waals surface area contributed by atoms with Crippen molar-refractivity contribution in [3.8, 4) is 0 Å². The summed E-state index contributed by atoms with van der Waals surface area (Å²) in [4.78, 5) is 0. The van der Waals surface area contributed by atoms with E-state index in [0.29, 0.717) is 20.9 Å². The highest BCUT2D eigenvalue weighted by Crippen LogP contribution is 2.25. The zero-order valence-electron chi connectivity index (χ0n) is 10.3. The largest absolute Gasteiger partial charge is 0.276 e. The molecule has 0 fully saturated rings. The smallest absolute Gasteiger partial charge is 0.126 e. The van der Waals surface area contributed by atoms with E-state index in [4.69, 9.17) is 34.8 Å². The van der Waals surface area contributed by atoms with Crippen LogP contribution < -0.4 is 5.43 Å². The van der Waals surface area contributed by atoms with Crippen LogP contribution in [0.1, 0.15) is 39.0 Å². The van der Waals surface area contributed by atoms with Crippen LogP contribution in [-0.2, 0) is 0 Å². The van der Waals surface area contributed by atoms with Gasteiger partial charge in [-0.2, -0.15) is 5.10 Å². The summed E-state index contributed by atoms with van der Waals surface area (Å²) in [6.07, 6.45) is 5.49. The van der Waals surface area contributed by atoms with Gasteiger partial charge in [0.05, 0.1) is 10.7 Å². The second-order valence-electron chi connectivity index (χ2n) is 4.03. The molecule has 0 aliphatic heterocycles. The molecule has 0 unspecified atom stereocenters. The lowest BCUT2D eigenvalue weighted by atomic mass is 10.2. The number of halogens is 3. The number of hydrogen-bond donors (Lipinski definition) is 1. The molecule has 100 valence electrons. The summed E-state index contributed by atoms with van der Waals surface area (Å²) >= 11 is 17.8. The molecule has 0 aromatic heterocycles. The molecule has 1 rings (SSSR count). The zero-order chi connectivity index (χ0) is 13.4. The van der Waals surface area contributed by atoms with Gasteiger partial charge in [-0.15, -0.1) is 0 Å². The van der Waals surface area contributed by atoms with Crippen LogP contribution in [0.5, 0.6) is 0 Å². The minimum Gasteiger partial charge on any atom is -0.276 e. The van der Waals surface area contributed by atoms with Crippen molar-refractivity contribution in [3.63, 3.8) is 0 Å². The van der Waals surface area contributed by atoms with Crippen molar-refractivity contribution in [2.75, 3.05) is 5.43 Å². The minimum absolute atomic E-state index is 0.529. The molecular weight excluding hydrogens is 291 g/mol. The van der Waals surface area contributed by atoms with E-state index in [1.54, 1.807) is 18.2 Å². The summed E-state index contributed by atoms with van der Waals surface area (Å²) in [7, 11) is 0. The maximum Gasteiger partial charge on any atom is 0.126 e. The van der Waals surface area contributed by atoms with E-state index in [0.717, 1.165) is 12.8 Å². The molecule has 0 aliphatic carbocycles. The fourth-order valence-corrected chi connectivity index (χ4v) is 2.08. The quantitative estimate of drug-likeness (QED) is 0.377. The van der Waals surface area contributed by atoms with Gasteiger partial charge in [0.25, 0.3) is 0 Å². The number of hydrazone groups is 1. The van der Waals surface area contributed by atoms with Gasteiger partial charge >= 0.3 is 0 Å². The van der Waals surface area contributed by atoms with E-state index in [2.05, 4.69) is 17.5 Å². The Bertz CT molecular complexity index is 405. The highest BCUT2D eigenvalue weighted by atomic mass is 35.5. The van der Waals surface area contributed by atoms with Crippen LogP contribution in [0.3, 0.4) is 0 Å². The molecule has 0 saturated carbocycles. The van der Waals surface area contributed by atoms with E-state index in [-0.39, 0.29) is 0 Å². The molecule has 0 saturated heterocycles. The van der Waals surface area contributed by atoms with E-state index < -0.39 is 0 Å². The van der Waals surface area contributed by atoms with Crippen LogP contribution in [0.4, 0.5) is 5.69 Å². The Kier molecular flexibility index (Phi) is 7.48. The molecule has 18 heavy (non-hydrogen) atoms. The van der Waals surface area contributed by atoms with Crippen molar-refractivity contribution in [1.29, 1.82) is 0 Å². The van der Waals surface area contributed by atoms with Gasteiger partial charge in [-0.25, -0.2) is 0 Å². The van der Waals surface area contributed by atoms with E-state index >= 15 is 0 Å². The van der Waals surface area contributed by atoms with Gasteiger partial charge in [0.1, 0.15) is 5.17 Å². The van der Waals surface area contributed by atoms with Crippen molar-refractivity contribution in [2.24, 2.45) is 5.10 Å². The molecule has 0 spiro atoms. The Hall–Kier alpha value is -0.440. The number of rotatable bonds is 7. The summed E-state index contributed by atoms with van der Waals surface area (Å²) < 4.78 is 0. The van der Waals surface area contributed by atoms with E-state index in [1.807, 2.05) is 0 Å². The third-order valence-electron chi connectivity index (χ3n) is 2.47. The van der Waals surface area contributed by atoms with Crippen LogP contribution in [0.25, 0.3) is 0 Å². The molecule has 1 aromatic rings. The third kappa shape index (κ3) is 5.94. The predicted molar refractivity (Wildman–Crippen MR) is 82.1 cm³/mol. The number of hydrogen-bond acceptors (Lipinski definition) is 2. The molecule has 0 atom stereocenters. The molecule has 1 aromatic carbocycles. The summed E-state index contributed by atoms with van der Waals surface area (Å²) in [6.45, 7) is 2.18. The van der Waals surface area contributed by atoms with Crippen molar-refractivity contribution >= 4 is 45.7 Å². The average Bonchev–Trinajstić information content (AvgIpc) is 2.33. The van der Waals surface area contributed by atoms with Crippen LogP contribution in [-0.4, -0.2) is 5.17 Å². The first kappa shape index (κ1) is 15.6. The first-order valence-corrected chi connectivity index (χ1v) is 7.20. The number of unbranched alkanes of at least 4 members (excludes halogenated alkanes) is 3. The van der Waals surface area contributed by atoms with Gasteiger partial charge in [0, 0.05) is 11.4 Å². The normalized spacial score (nSPS) is 11.7. The molecule has 2 nitrogen and oxygen atoms in total. The number of anilines is 1. The number of nitrogens with zero attached hydrogens (tertiary/aromatic N) is 1. The third-order valence-corrected chi connectivity index (χ3v) is 3.29. The highest BCUT2D eigenvalue weighted by molar-refractivity contribution is 6.65. The Morgan fingerprint density at radius 2 is 2.00 bits per heavy atom. The Labute approximate surface area is 123 Å². The van der Waals surface area contributed by atoms with Crippen molar-refractivity contribution < 1.29 is 0 Å². The molecule has 0 heterocycles. The number of nitrogens with one attached hydrogen (secondary N) is 1. The van der Waals surface area contributed by atoms with Gasteiger partial charge in [-0.1, -0.05) is 61.0 Å². The topological polar surface area (TPSA) is 24.4 Å². The molecule has 0 bridgehead atoms. The molecule has 0 aliphatic rings. The summed E-state index contributed by atoms with van der Waals surface area (Å²) in [6, 6.07) is 5.19. The minimum atomic E-state index is 0.529. The lowest BCUT2D eigenvalue weighted by molar-refractivity contribution is 0.684. The molecule has 1 N–H and O–H groups in total. The highest BCUT2D eigenvalue weighted by Gasteiger charge is 2.00. The fourth-order valence-electron chi connectivity index (χ4n) is 1.45. The number of benzene rings is 1. The Balaban J connectivity index is 2.42. The van der Waals surface area contributed by atoms with Crippen molar-refractivity contribution in [3.05, 3.63) is 28.2 Å². The van der Waals surface area contributed by atoms with Gasteiger partial charge in [-0.3, -0.25) is 5.43 Å². The van der Waals surface area contributed by atoms with Gasteiger partial charge in [-0.05, 0) is 24.6 Å². The monoisotopic (exact) mass is 306 g/mol. The maximum atomic E-state index is 6.01. The van der Waals surface area contributed by atoms with Crippen LogP contribution in [0, 0.1) is 0 Å². The Morgan fingerprint density at radius 3 is 2.67 bits per heavy atom.